The van der Waals surface area contributed by atoms with Crippen molar-refractivity contribution in [2.24, 2.45) is 0 Å². The lowest BCUT2D eigenvalue weighted by atomic mass is 10.1. The molecule has 3 heterocycles. The Bertz CT molecular complexity index is 4260. The maximum Gasteiger partial charge on any atom is 0.343 e. The molecule has 0 aliphatic carbocycles. The fourth-order valence-corrected chi connectivity index (χ4v) is 14.6. The maximum atomic E-state index is 13.1. The predicted octanol–water partition coefficient (Wildman–Crippen LogP) is 27.6. The molecule has 0 atom stereocenters. The predicted molar refractivity (Wildman–Crippen MR) is 500 cm³/mol. The minimum absolute atomic E-state index is 0.264. The average molecular weight is 1670 g/mol. The van der Waals surface area contributed by atoms with Gasteiger partial charge in [-0.05, 0) is 201 Å². The molecule has 0 saturated carbocycles. The zero-order valence-corrected chi connectivity index (χ0v) is 74.1. The third-order valence-corrected chi connectivity index (χ3v) is 22.3. The van der Waals surface area contributed by atoms with Crippen LogP contribution < -0.4 is 28.4 Å². The van der Waals surface area contributed by atoms with Gasteiger partial charge in [-0.2, -0.15) is 0 Å². The van der Waals surface area contributed by atoms with Crippen LogP contribution in [0.1, 0.15) is 273 Å². The van der Waals surface area contributed by atoms with Crippen LogP contribution >= 0.6 is 0 Å². The summed E-state index contributed by atoms with van der Waals surface area (Å²) in [4.78, 5) is 53.1. The molecular weight excluding hydrogens is 1530 g/mol. The first-order valence-corrected chi connectivity index (χ1v) is 46.3. The molecule has 0 N–H and O–H groups in total. The molecule has 0 radical (unpaired) electrons. The van der Waals surface area contributed by atoms with Gasteiger partial charge >= 0.3 is 17.9 Å². The first-order valence-electron chi connectivity index (χ1n) is 46.3. The van der Waals surface area contributed by atoms with E-state index in [0.29, 0.717) is 73.6 Å². The molecule has 6 aromatic carbocycles. The molecule has 0 unspecified atom stereocenters. The summed E-state index contributed by atoms with van der Waals surface area (Å²) in [6.07, 6.45) is 47.0. The quantitative estimate of drug-likeness (QED) is 0.0116. The number of nitrogens with zero attached hydrogens (tertiary/aromatic N) is 3. The van der Waals surface area contributed by atoms with Crippen LogP contribution in [0.4, 0.5) is 0 Å². The molecule has 0 amide bonds. The number of carbonyl (C=O) groups excluding carboxylic acids is 3. The molecule has 0 spiro atoms. The SMILES string of the molecule is C=C(C(=O)Oc1ccc(-c2ccc(CCCCC)nc2)cc1)c1ccc(OCCCCCCCCCCOCCC(OCCCCCCCCCCOc2ccc(C(=C)C(=O)Oc3ccc(-c4ccc(CCCCC)nc4)cc3)cc2)OCCCCCCCCCCOc2ccc(C(=C)C(=O)Oc3ccc(-c4ccc(CCCCC)nc4)cc3)cc2)cc1. The Morgan fingerprint density at radius 1 is 0.260 bits per heavy atom. The lowest BCUT2D eigenvalue weighted by molar-refractivity contribution is -0.154. The topological polar surface area (TPSA) is 173 Å². The van der Waals surface area contributed by atoms with Crippen molar-refractivity contribution in [2.45, 2.75) is 265 Å². The summed E-state index contributed by atoms with van der Waals surface area (Å²) in [5, 5.41) is 0. The molecular formula is C108H137N3O12. The lowest BCUT2D eigenvalue weighted by Crippen LogP contribution is -2.21. The van der Waals surface area contributed by atoms with E-state index >= 15 is 0 Å². The van der Waals surface area contributed by atoms with Gasteiger partial charge < -0.3 is 42.6 Å². The van der Waals surface area contributed by atoms with Gasteiger partial charge in [0.1, 0.15) is 34.5 Å². The van der Waals surface area contributed by atoms with Gasteiger partial charge in [0, 0.05) is 78.6 Å². The summed E-state index contributed by atoms with van der Waals surface area (Å²) in [5.41, 5.74) is 12.4. The minimum Gasteiger partial charge on any atom is -0.494 e. The van der Waals surface area contributed by atoms with Gasteiger partial charge in [-0.25, -0.2) is 14.4 Å². The largest absolute Gasteiger partial charge is 0.494 e. The van der Waals surface area contributed by atoms with E-state index in [0.717, 1.165) is 196 Å². The second kappa shape index (κ2) is 57.9. The zero-order chi connectivity index (χ0) is 86.4. The summed E-state index contributed by atoms with van der Waals surface area (Å²) in [6, 6.07) is 57.5. The molecule has 9 aromatic rings. The Morgan fingerprint density at radius 3 is 0.764 bits per heavy atom. The highest BCUT2D eigenvalue weighted by atomic mass is 16.7. The van der Waals surface area contributed by atoms with Crippen molar-refractivity contribution in [1.29, 1.82) is 0 Å². The van der Waals surface area contributed by atoms with Crippen LogP contribution in [0, 0.1) is 0 Å². The van der Waals surface area contributed by atoms with Gasteiger partial charge in [0.05, 0.1) is 43.1 Å². The van der Waals surface area contributed by atoms with Crippen molar-refractivity contribution in [3.05, 3.63) is 254 Å². The molecule has 123 heavy (non-hydrogen) atoms. The number of rotatable bonds is 65. The normalized spacial score (nSPS) is 11.2. The number of carbonyl (C=O) groups is 3. The van der Waals surface area contributed by atoms with E-state index in [1.165, 1.54) is 116 Å². The van der Waals surface area contributed by atoms with Crippen LogP contribution in [0.3, 0.4) is 0 Å². The maximum absolute atomic E-state index is 13.1. The Labute approximate surface area is 735 Å². The van der Waals surface area contributed by atoms with Gasteiger partial charge in [-0.1, -0.05) is 286 Å². The Kier molecular flexibility index (Phi) is 45.4. The van der Waals surface area contributed by atoms with Crippen LogP contribution in [-0.2, 0) is 47.9 Å². The van der Waals surface area contributed by atoms with Crippen LogP contribution in [-0.4, -0.2) is 85.4 Å². The number of hydrogen-bond acceptors (Lipinski definition) is 15. The van der Waals surface area contributed by atoms with E-state index in [4.69, 9.17) is 42.6 Å². The van der Waals surface area contributed by atoms with E-state index in [2.05, 4.69) is 91.9 Å². The number of ether oxygens (including phenoxy) is 9. The average Bonchev–Trinajstić information content (AvgIpc) is 0.848. The van der Waals surface area contributed by atoms with Crippen molar-refractivity contribution in [2.75, 3.05) is 46.2 Å². The standard InChI is InChI=1S/C108H137N3O12/c1-7-10-31-40-96-58-43-93(81-109-96)90-52-67-102(68-53-90)121-106(112)84(4)87-46-61-99(62-47-87)116-75-35-26-20-14-13-19-25-34-74-115-80-73-105(119-78-38-29-23-17-15-21-27-36-76-117-100-63-48-88(49-64-100)85(5)107(113)122-103-69-54-91(55-70-103)94-44-59-97(110-82-94)41-32-11-8-2)120-79-39-30-24-18-16-22-28-37-77-118-101-65-50-89(51-66-101)86(6)108(114)123-104-71-56-92(57-72-104)95-45-60-98(111-83-95)42-33-12-9-3/h43-72,81-83,105H,4-42,73-80H2,1-3H3. The molecule has 15 heteroatoms. The molecule has 0 aliphatic heterocycles. The van der Waals surface area contributed by atoms with Crippen molar-refractivity contribution >= 4 is 34.6 Å². The highest BCUT2D eigenvalue weighted by Gasteiger charge is 2.18. The number of pyridine rings is 3. The number of benzene rings is 6. The van der Waals surface area contributed by atoms with Gasteiger partial charge in [-0.3, -0.25) is 15.0 Å². The molecule has 9 rings (SSSR count). The smallest absolute Gasteiger partial charge is 0.343 e. The van der Waals surface area contributed by atoms with E-state index in [9.17, 15) is 14.4 Å². The molecule has 0 fully saturated rings. The zero-order valence-electron chi connectivity index (χ0n) is 74.1. The van der Waals surface area contributed by atoms with Gasteiger partial charge in [0.15, 0.2) is 6.29 Å². The van der Waals surface area contributed by atoms with E-state index < -0.39 is 17.9 Å². The second-order valence-corrected chi connectivity index (χ2v) is 32.3. The Balaban J connectivity index is 0.588. The summed E-state index contributed by atoms with van der Waals surface area (Å²) in [6.45, 7) is 23.4. The number of hydrogen-bond donors (Lipinski definition) is 0. The highest BCUT2D eigenvalue weighted by molar-refractivity contribution is 6.17. The number of aromatic nitrogens is 3. The first kappa shape index (κ1) is 96.5. The third kappa shape index (κ3) is 37.3. The van der Waals surface area contributed by atoms with Crippen LogP contribution in [0.5, 0.6) is 34.5 Å². The van der Waals surface area contributed by atoms with Crippen LogP contribution in [0.15, 0.2) is 220 Å². The number of unbranched alkanes of at least 4 members (excludes halogenated alkanes) is 27. The summed E-state index contributed by atoms with van der Waals surface area (Å²) < 4.78 is 54.2. The third-order valence-electron chi connectivity index (χ3n) is 22.3. The van der Waals surface area contributed by atoms with Crippen LogP contribution in [0.2, 0.25) is 0 Å². The van der Waals surface area contributed by atoms with Gasteiger partial charge in [0.2, 0.25) is 0 Å². The molecule has 0 bridgehead atoms. The summed E-state index contributed by atoms with van der Waals surface area (Å²) in [5.74, 6) is 2.23. The molecule has 0 saturated heterocycles. The fraction of sp³-hybridized carbons (Fsp3) is 0.444. The Morgan fingerprint density at radius 2 is 0.504 bits per heavy atom. The second-order valence-electron chi connectivity index (χ2n) is 32.3. The lowest BCUT2D eigenvalue weighted by Gasteiger charge is -2.19. The van der Waals surface area contributed by atoms with Crippen molar-refractivity contribution < 1.29 is 57.0 Å². The van der Waals surface area contributed by atoms with E-state index in [-0.39, 0.29) is 23.0 Å². The fourth-order valence-electron chi connectivity index (χ4n) is 14.6. The summed E-state index contributed by atoms with van der Waals surface area (Å²) in [7, 11) is 0. The van der Waals surface area contributed by atoms with Crippen molar-refractivity contribution in [1.82, 2.24) is 15.0 Å². The van der Waals surface area contributed by atoms with Gasteiger partial charge in [0.25, 0.3) is 0 Å². The number of aryl methyl sites for hydroxylation is 3. The Hall–Kier alpha value is -10.3. The van der Waals surface area contributed by atoms with Crippen molar-refractivity contribution in [3.8, 4) is 67.9 Å². The molecule has 3 aromatic heterocycles. The van der Waals surface area contributed by atoms with E-state index in [1.54, 1.807) is 36.4 Å². The van der Waals surface area contributed by atoms with Gasteiger partial charge in [-0.15, -0.1) is 0 Å². The first-order chi connectivity index (χ1) is 60.4. The van der Waals surface area contributed by atoms with E-state index in [1.807, 2.05) is 128 Å². The minimum atomic E-state index is -0.491. The highest BCUT2D eigenvalue weighted by Crippen LogP contribution is 2.31. The molecule has 15 nitrogen and oxygen atoms in total. The van der Waals surface area contributed by atoms with Crippen LogP contribution in [0.25, 0.3) is 50.1 Å². The van der Waals surface area contributed by atoms with Crippen molar-refractivity contribution in [3.63, 3.8) is 0 Å². The molecule has 656 valence electrons. The molecule has 0 aliphatic rings. The summed E-state index contributed by atoms with van der Waals surface area (Å²) >= 11 is 0. The monoisotopic (exact) mass is 1670 g/mol. The number of esters is 3.